The number of hydroxylamine groups is 4. The Kier molecular flexibility index (Phi) is 7.51. The van der Waals surface area contributed by atoms with Gasteiger partial charge in [0.2, 0.25) is 0 Å². The predicted octanol–water partition coefficient (Wildman–Crippen LogP) is 0.954. The summed E-state index contributed by atoms with van der Waals surface area (Å²) >= 11 is 0. The molecule has 8 heteroatoms. The van der Waals surface area contributed by atoms with Crippen molar-refractivity contribution in [2.75, 3.05) is 13.1 Å². The van der Waals surface area contributed by atoms with Crippen LogP contribution in [-0.2, 0) is 28.9 Å². The molecule has 0 saturated carbocycles. The third-order valence-corrected chi connectivity index (χ3v) is 2.91. The molecular weight excluding hydrogens is 292 g/mol. The number of imide groups is 1. The molecule has 0 spiro atoms. The van der Waals surface area contributed by atoms with Crippen molar-refractivity contribution in [1.29, 1.82) is 0 Å². The molecule has 0 aromatic rings. The van der Waals surface area contributed by atoms with Crippen LogP contribution in [0.15, 0.2) is 0 Å². The first-order valence-corrected chi connectivity index (χ1v) is 7.50. The summed E-state index contributed by atoms with van der Waals surface area (Å²) in [5, 5.41) is 2.02. The van der Waals surface area contributed by atoms with Crippen LogP contribution < -0.4 is 0 Å². The van der Waals surface area contributed by atoms with Gasteiger partial charge in [0.1, 0.15) is 0 Å². The van der Waals surface area contributed by atoms with E-state index in [0.717, 1.165) is 12.8 Å². The van der Waals surface area contributed by atoms with Gasteiger partial charge in [-0.25, -0.2) is 4.79 Å². The summed E-state index contributed by atoms with van der Waals surface area (Å²) in [5.41, 5.74) is 0. The zero-order chi connectivity index (χ0) is 16.5. The van der Waals surface area contributed by atoms with Crippen molar-refractivity contribution in [3.05, 3.63) is 0 Å². The number of carbonyl (C=O) groups excluding carboxylic acids is 4. The highest BCUT2D eigenvalue weighted by Gasteiger charge is 2.32. The van der Waals surface area contributed by atoms with Crippen LogP contribution in [0.25, 0.3) is 0 Å². The Morgan fingerprint density at radius 1 is 1.00 bits per heavy atom. The Balaban J connectivity index is 2.32. The average Bonchev–Trinajstić information content (AvgIpc) is 2.77. The molecule has 0 atom stereocenters. The van der Waals surface area contributed by atoms with E-state index in [1.165, 1.54) is 0 Å². The molecule has 0 aliphatic carbocycles. The van der Waals surface area contributed by atoms with Gasteiger partial charge < -0.3 is 9.68 Å². The maximum absolute atomic E-state index is 11.7. The van der Waals surface area contributed by atoms with Crippen LogP contribution in [0.1, 0.15) is 52.4 Å². The predicted molar refractivity (Wildman–Crippen MR) is 74.7 cm³/mol. The molecule has 8 nitrogen and oxygen atoms in total. The van der Waals surface area contributed by atoms with E-state index in [9.17, 15) is 19.2 Å². The molecule has 1 heterocycles. The third-order valence-electron chi connectivity index (χ3n) is 2.91. The summed E-state index contributed by atoms with van der Waals surface area (Å²) in [6.45, 7) is 5.19. The molecule has 1 rings (SSSR count). The van der Waals surface area contributed by atoms with E-state index in [-0.39, 0.29) is 25.7 Å². The van der Waals surface area contributed by atoms with Gasteiger partial charge in [-0.1, -0.05) is 13.8 Å². The van der Waals surface area contributed by atoms with Gasteiger partial charge in [-0.15, -0.1) is 10.1 Å². The molecule has 0 unspecified atom stereocenters. The zero-order valence-corrected chi connectivity index (χ0v) is 13.0. The van der Waals surface area contributed by atoms with E-state index in [1.54, 1.807) is 5.06 Å². The minimum absolute atomic E-state index is 0.0388. The maximum atomic E-state index is 11.7. The topological polar surface area (TPSA) is 93.2 Å². The van der Waals surface area contributed by atoms with E-state index < -0.39 is 23.8 Å². The lowest BCUT2D eigenvalue weighted by molar-refractivity contribution is -0.200. The van der Waals surface area contributed by atoms with Crippen molar-refractivity contribution in [2.45, 2.75) is 52.4 Å². The van der Waals surface area contributed by atoms with Gasteiger partial charge in [-0.2, -0.15) is 0 Å². The summed E-state index contributed by atoms with van der Waals surface area (Å²) in [5.74, 6) is -2.44. The van der Waals surface area contributed by atoms with Crippen molar-refractivity contribution < 1.29 is 28.9 Å². The van der Waals surface area contributed by atoms with E-state index in [0.29, 0.717) is 18.2 Å². The number of nitrogens with zero attached hydrogens (tertiary/aromatic N) is 2. The number of hydrogen-bond acceptors (Lipinski definition) is 7. The van der Waals surface area contributed by atoms with Crippen LogP contribution >= 0.6 is 0 Å². The molecule has 0 radical (unpaired) electrons. The number of amides is 2. The molecule has 1 saturated heterocycles. The van der Waals surface area contributed by atoms with E-state index in [4.69, 9.17) is 4.84 Å². The van der Waals surface area contributed by atoms with Gasteiger partial charge in [-0.3, -0.25) is 14.4 Å². The van der Waals surface area contributed by atoms with Crippen LogP contribution in [0.5, 0.6) is 0 Å². The highest BCUT2D eigenvalue weighted by molar-refractivity contribution is 6.01. The fourth-order valence-corrected chi connectivity index (χ4v) is 1.90. The largest absolute Gasteiger partial charge is 0.368 e. The fraction of sp³-hybridized carbons (Fsp3) is 0.714. The molecule has 0 aromatic heterocycles. The van der Waals surface area contributed by atoms with Gasteiger partial charge >= 0.3 is 11.9 Å². The summed E-state index contributed by atoms with van der Waals surface area (Å²) < 4.78 is 0. The smallest absolute Gasteiger partial charge is 0.333 e. The monoisotopic (exact) mass is 314 g/mol. The van der Waals surface area contributed by atoms with Gasteiger partial charge in [0.15, 0.2) is 0 Å². The average molecular weight is 314 g/mol. The number of rotatable bonds is 9. The fourth-order valence-electron chi connectivity index (χ4n) is 1.90. The van der Waals surface area contributed by atoms with E-state index in [1.807, 2.05) is 13.8 Å². The van der Waals surface area contributed by atoms with Crippen LogP contribution in [0.2, 0.25) is 0 Å². The highest BCUT2D eigenvalue weighted by atomic mass is 16.7. The molecular formula is C14H22N2O6. The lowest BCUT2D eigenvalue weighted by atomic mass is 10.3. The van der Waals surface area contributed by atoms with Crippen molar-refractivity contribution in [3.63, 3.8) is 0 Å². The lowest BCUT2D eigenvalue weighted by Gasteiger charge is -2.19. The van der Waals surface area contributed by atoms with Crippen LogP contribution in [0.3, 0.4) is 0 Å². The molecule has 1 aliphatic rings. The number of carbonyl (C=O) groups is 4. The first-order chi connectivity index (χ1) is 10.5. The summed E-state index contributed by atoms with van der Waals surface area (Å²) in [4.78, 5) is 55.5. The van der Waals surface area contributed by atoms with Crippen LogP contribution in [-0.4, -0.2) is 47.0 Å². The minimum Gasteiger partial charge on any atom is -0.368 e. The Hall–Kier alpha value is -1.96. The van der Waals surface area contributed by atoms with Gasteiger partial charge in [0.25, 0.3) is 11.8 Å². The zero-order valence-electron chi connectivity index (χ0n) is 13.0. The molecule has 1 fully saturated rings. The minimum atomic E-state index is -0.807. The molecule has 22 heavy (non-hydrogen) atoms. The van der Waals surface area contributed by atoms with Gasteiger partial charge in [0, 0.05) is 25.9 Å². The van der Waals surface area contributed by atoms with Crippen molar-refractivity contribution in [3.8, 4) is 0 Å². The molecule has 1 aliphatic heterocycles. The second-order valence-corrected chi connectivity index (χ2v) is 4.94. The summed E-state index contributed by atoms with van der Waals surface area (Å²) in [7, 11) is 0. The number of hydrogen-bond donors (Lipinski definition) is 0. The Morgan fingerprint density at radius 3 is 2.00 bits per heavy atom. The first-order valence-electron chi connectivity index (χ1n) is 7.50. The van der Waals surface area contributed by atoms with Gasteiger partial charge in [-0.05, 0) is 12.8 Å². The Morgan fingerprint density at radius 2 is 1.50 bits per heavy atom. The SMILES string of the molecule is CCCN(CCC)OC(=O)CCC(=O)ON1C(=O)CCC1=O. The highest BCUT2D eigenvalue weighted by Crippen LogP contribution is 2.13. The van der Waals surface area contributed by atoms with Crippen molar-refractivity contribution in [1.82, 2.24) is 10.1 Å². The maximum Gasteiger partial charge on any atom is 0.333 e. The quantitative estimate of drug-likeness (QED) is 0.462. The van der Waals surface area contributed by atoms with Crippen molar-refractivity contribution >= 4 is 23.8 Å². The normalized spacial score (nSPS) is 14.6. The molecule has 0 aromatic carbocycles. The van der Waals surface area contributed by atoms with Crippen LogP contribution in [0, 0.1) is 0 Å². The van der Waals surface area contributed by atoms with E-state index >= 15 is 0 Å². The van der Waals surface area contributed by atoms with Gasteiger partial charge in [0.05, 0.1) is 12.8 Å². The molecule has 2 amide bonds. The summed E-state index contributed by atoms with van der Waals surface area (Å²) in [6, 6.07) is 0. The first kappa shape index (κ1) is 18.1. The summed E-state index contributed by atoms with van der Waals surface area (Å²) in [6.07, 6.45) is 1.35. The molecule has 0 bridgehead atoms. The second-order valence-electron chi connectivity index (χ2n) is 4.94. The van der Waals surface area contributed by atoms with E-state index in [2.05, 4.69) is 4.84 Å². The molecule has 0 N–H and O–H groups in total. The standard InChI is InChI=1S/C14H22N2O6/c1-3-9-15(10-4-2)21-13(19)7-8-14(20)22-16-11(17)5-6-12(16)18/h3-10H2,1-2H3. The Labute approximate surface area is 129 Å². The van der Waals surface area contributed by atoms with Crippen molar-refractivity contribution in [2.24, 2.45) is 0 Å². The molecule has 124 valence electrons. The Bertz CT molecular complexity index is 415. The third kappa shape index (κ3) is 5.80. The van der Waals surface area contributed by atoms with Crippen LogP contribution in [0.4, 0.5) is 0 Å². The lowest BCUT2D eigenvalue weighted by Crippen LogP contribution is -2.32. The second kappa shape index (κ2) is 9.14.